The maximum absolute atomic E-state index is 5.93. The van der Waals surface area contributed by atoms with E-state index in [9.17, 15) is 0 Å². The van der Waals surface area contributed by atoms with Gasteiger partial charge in [0.05, 0.1) is 19.0 Å². The van der Waals surface area contributed by atoms with Crippen LogP contribution >= 0.6 is 23.4 Å². The second-order valence-corrected chi connectivity index (χ2v) is 4.92. The minimum atomic E-state index is 0.550. The first-order chi connectivity index (χ1) is 7.88. The number of halogens is 1. The zero-order chi connectivity index (χ0) is 11.0. The third kappa shape index (κ3) is 1.64. The molecule has 2 aliphatic heterocycles. The van der Waals surface area contributed by atoms with Gasteiger partial charge < -0.3 is 4.90 Å². The van der Waals surface area contributed by atoms with Crippen molar-refractivity contribution in [3.05, 3.63) is 46.5 Å². The topological polar surface area (TPSA) is 15.6 Å². The van der Waals surface area contributed by atoms with Crippen LogP contribution in [0.5, 0.6) is 0 Å². The molecular weight excluding hydrogens is 240 g/mol. The van der Waals surface area contributed by atoms with Crippen LogP contribution in [0.4, 0.5) is 0 Å². The smallest absolute Gasteiger partial charge is 0.168 e. The van der Waals surface area contributed by atoms with Crippen molar-refractivity contribution in [3.8, 4) is 0 Å². The van der Waals surface area contributed by atoms with Crippen molar-refractivity contribution in [3.63, 3.8) is 0 Å². The van der Waals surface area contributed by atoms with Crippen LogP contribution in [0, 0.1) is 0 Å². The predicted molar refractivity (Wildman–Crippen MR) is 69.5 cm³/mol. The third-order valence-electron chi connectivity index (χ3n) is 2.85. The van der Waals surface area contributed by atoms with Crippen LogP contribution in [0.2, 0.25) is 0 Å². The first-order valence-electron chi connectivity index (χ1n) is 5.19. The van der Waals surface area contributed by atoms with Crippen LogP contribution in [-0.2, 0) is 13.1 Å². The maximum atomic E-state index is 5.93. The highest BCUT2D eigenvalue weighted by atomic mass is 35.5. The lowest BCUT2D eigenvalue weighted by Gasteiger charge is -2.19. The van der Waals surface area contributed by atoms with E-state index in [4.69, 9.17) is 11.6 Å². The summed E-state index contributed by atoms with van der Waals surface area (Å²) < 4.78 is 0. The van der Waals surface area contributed by atoms with E-state index in [1.54, 1.807) is 11.8 Å². The first kappa shape index (κ1) is 10.2. The summed E-state index contributed by atoms with van der Waals surface area (Å²) in [5.74, 6) is 0.550. The average Bonchev–Trinajstić information content (AvgIpc) is 2.61. The first-order valence-corrected chi connectivity index (χ1v) is 6.60. The molecule has 0 N–H and O–H groups in total. The Hall–Kier alpha value is -0.930. The van der Waals surface area contributed by atoms with E-state index in [1.165, 1.54) is 11.1 Å². The molecule has 2 aliphatic rings. The highest BCUT2D eigenvalue weighted by Crippen LogP contribution is 2.32. The molecule has 0 bridgehead atoms. The summed E-state index contributed by atoms with van der Waals surface area (Å²) in [6.45, 7) is 1.67. The van der Waals surface area contributed by atoms with E-state index in [0.717, 1.165) is 24.0 Å². The molecule has 0 spiro atoms. The molecule has 0 aromatic heterocycles. The number of rotatable bonds is 1. The zero-order valence-corrected chi connectivity index (χ0v) is 10.3. The maximum Gasteiger partial charge on any atom is 0.168 e. The molecule has 0 saturated carbocycles. The van der Waals surface area contributed by atoms with Gasteiger partial charge >= 0.3 is 0 Å². The number of alkyl halides is 1. The number of thioether (sulfide) groups is 1. The number of allylic oxidation sites excluding steroid dienone is 1. The monoisotopic (exact) mass is 250 g/mol. The van der Waals surface area contributed by atoms with Crippen LogP contribution in [0.25, 0.3) is 0 Å². The van der Waals surface area contributed by atoms with Gasteiger partial charge in [-0.1, -0.05) is 36.0 Å². The number of amidine groups is 1. The van der Waals surface area contributed by atoms with Crippen molar-refractivity contribution in [2.24, 2.45) is 4.99 Å². The summed E-state index contributed by atoms with van der Waals surface area (Å²) in [6.07, 6.45) is 0. The van der Waals surface area contributed by atoms with Gasteiger partial charge in [-0.25, -0.2) is 0 Å². The normalized spacial score (nSPS) is 18.4. The van der Waals surface area contributed by atoms with E-state index in [0.29, 0.717) is 5.88 Å². The summed E-state index contributed by atoms with van der Waals surface area (Å²) >= 11 is 7.60. The predicted octanol–water partition coefficient (Wildman–Crippen LogP) is 3.19. The van der Waals surface area contributed by atoms with Gasteiger partial charge in [0.2, 0.25) is 0 Å². The van der Waals surface area contributed by atoms with Gasteiger partial charge in [-0.05, 0) is 16.5 Å². The van der Waals surface area contributed by atoms with Crippen molar-refractivity contribution >= 4 is 28.5 Å². The van der Waals surface area contributed by atoms with E-state index in [1.807, 2.05) is 0 Å². The molecule has 0 atom stereocenters. The van der Waals surface area contributed by atoms with Gasteiger partial charge in [-0.15, -0.1) is 11.6 Å². The highest BCUT2D eigenvalue weighted by Gasteiger charge is 2.24. The van der Waals surface area contributed by atoms with E-state index in [2.05, 4.69) is 39.6 Å². The molecule has 4 heteroatoms. The molecule has 0 fully saturated rings. The Morgan fingerprint density at radius 1 is 1.31 bits per heavy atom. The van der Waals surface area contributed by atoms with Crippen LogP contribution in [0.3, 0.4) is 0 Å². The largest absolute Gasteiger partial charge is 0.319 e. The zero-order valence-electron chi connectivity index (χ0n) is 8.69. The van der Waals surface area contributed by atoms with E-state index in [-0.39, 0.29) is 0 Å². The Morgan fingerprint density at radius 3 is 2.94 bits per heavy atom. The SMILES string of the molecule is ClCC1=CSC2=NCc3ccccc3CN12. The fourth-order valence-electron chi connectivity index (χ4n) is 1.96. The molecule has 16 heavy (non-hydrogen) atoms. The molecular formula is C12H11ClN2S. The Labute approximate surface area is 104 Å². The van der Waals surface area contributed by atoms with Crippen LogP contribution in [0.15, 0.2) is 40.4 Å². The Kier molecular flexibility index (Phi) is 2.65. The molecule has 0 saturated heterocycles. The Balaban J connectivity index is 1.99. The summed E-state index contributed by atoms with van der Waals surface area (Å²) in [5, 5.41) is 3.17. The quantitative estimate of drug-likeness (QED) is 0.712. The molecule has 0 radical (unpaired) electrons. The lowest BCUT2D eigenvalue weighted by molar-refractivity contribution is 0.528. The second-order valence-electron chi connectivity index (χ2n) is 3.81. The number of benzene rings is 1. The summed E-state index contributed by atoms with van der Waals surface area (Å²) in [7, 11) is 0. The fourth-order valence-corrected chi connectivity index (χ4v) is 3.17. The van der Waals surface area contributed by atoms with Gasteiger partial charge in [0.15, 0.2) is 5.17 Å². The molecule has 0 aliphatic carbocycles. The van der Waals surface area contributed by atoms with Crippen molar-refractivity contribution in [2.75, 3.05) is 5.88 Å². The van der Waals surface area contributed by atoms with Gasteiger partial charge in [-0.2, -0.15) is 0 Å². The van der Waals surface area contributed by atoms with Crippen molar-refractivity contribution < 1.29 is 0 Å². The highest BCUT2D eigenvalue weighted by molar-refractivity contribution is 8.16. The molecule has 2 nitrogen and oxygen atoms in total. The van der Waals surface area contributed by atoms with Gasteiger partial charge in [-0.3, -0.25) is 4.99 Å². The molecule has 0 amide bonds. The second kappa shape index (κ2) is 4.15. The lowest BCUT2D eigenvalue weighted by Crippen LogP contribution is -2.23. The number of fused-ring (bicyclic) bond motifs is 2. The number of hydrogen-bond acceptors (Lipinski definition) is 3. The fraction of sp³-hybridized carbons (Fsp3) is 0.250. The molecule has 3 rings (SSSR count). The van der Waals surface area contributed by atoms with Gasteiger partial charge in [0.1, 0.15) is 0 Å². The average molecular weight is 251 g/mol. The molecule has 2 heterocycles. The summed E-state index contributed by atoms with van der Waals surface area (Å²) in [6, 6.07) is 8.47. The Morgan fingerprint density at radius 2 is 2.12 bits per heavy atom. The van der Waals surface area contributed by atoms with Crippen LogP contribution in [-0.4, -0.2) is 15.9 Å². The molecule has 0 unspecified atom stereocenters. The number of hydrogen-bond donors (Lipinski definition) is 0. The van der Waals surface area contributed by atoms with Crippen molar-refractivity contribution in [2.45, 2.75) is 13.1 Å². The summed E-state index contributed by atoms with van der Waals surface area (Å²) in [5.41, 5.74) is 3.82. The Bertz CT molecular complexity index is 482. The third-order valence-corrected chi connectivity index (χ3v) is 4.07. The summed E-state index contributed by atoms with van der Waals surface area (Å²) in [4.78, 5) is 6.83. The molecule has 1 aromatic rings. The van der Waals surface area contributed by atoms with Gasteiger partial charge in [0, 0.05) is 5.70 Å². The minimum absolute atomic E-state index is 0.550. The lowest BCUT2D eigenvalue weighted by atomic mass is 10.1. The van der Waals surface area contributed by atoms with Crippen molar-refractivity contribution in [1.82, 2.24) is 4.90 Å². The van der Waals surface area contributed by atoms with Crippen LogP contribution in [0.1, 0.15) is 11.1 Å². The number of nitrogens with zero attached hydrogens (tertiary/aromatic N) is 2. The minimum Gasteiger partial charge on any atom is -0.319 e. The number of aliphatic imine (C=N–C) groups is 1. The van der Waals surface area contributed by atoms with Crippen LogP contribution < -0.4 is 0 Å². The molecule has 1 aromatic carbocycles. The van der Waals surface area contributed by atoms with Crippen molar-refractivity contribution in [1.29, 1.82) is 0 Å². The standard InChI is InChI=1S/C12H11ClN2S/c13-5-11-8-16-12-14-6-9-3-1-2-4-10(9)7-15(11)12/h1-4,8H,5-7H2. The van der Waals surface area contributed by atoms with Gasteiger partial charge in [0.25, 0.3) is 0 Å². The van der Waals surface area contributed by atoms with E-state index >= 15 is 0 Å². The molecule has 82 valence electrons. The van der Waals surface area contributed by atoms with E-state index < -0.39 is 0 Å².